The van der Waals surface area contributed by atoms with E-state index in [0.717, 1.165) is 0 Å². The second-order valence-corrected chi connectivity index (χ2v) is 3.05. The van der Waals surface area contributed by atoms with Gasteiger partial charge in [-0.2, -0.15) is 0 Å². The van der Waals surface area contributed by atoms with Crippen LogP contribution < -0.4 is 10.1 Å². The predicted octanol–water partition coefficient (Wildman–Crippen LogP) is 1.66. The summed E-state index contributed by atoms with van der Waals surface area (Å²) in [6.45, 7) is 0.470. The molecule has 1 aromatic carbocycles. The van der Waals surface area contributed by atoms with Crippen molar-refractivity contribution < 1.29 is 9.53 Å². The maximum atomic E-state index is 11.4. The average Bonchev–Trinajstić information content (AvgIpc) is 2.26. The van der Waals surface area contributed by atoms with Gasteiger partial charge in [-0.05, 0) is 18.2 Å². The Balaban J connectivity index is 2.69. The number of carbonyl (C=O) groups excluding carboxylic acids is 1. The van der Waals surface area contributed by atoms with Gasteiger partial charge in [0.2, 0.25) is 0 Å². The third kappa shape index (κ3) is 2.92. The zero-order valence-electron chi connectivity index (χ0n) is 7.92. The van der Waals surface area contributed by atoms with Crippen molar-refractivity contribution in [2.45, 2.75) is 0 Å². The van der Waals surface area contributed by atoms with Crippen molar-refractivity contribution in [3.63, 3.8) is 0 Å². The number of hydrogen-bond donors (Lipinski definition) is 1. The summed E-state index contributed by atoms with van der Waals surface area (Å²) in [5.74, 6) is 0.948. The number of methoxy groups -OCH3 is 1. The highest BCUT2D eigenvalue weighted by Gasteiger charge is 2.04. The van der Waals surface area contributed by atoms with Gasteiger partial charge >= 0.3 is 0 Å². The van der Waals surface area contributed by atoms with Crippen LogP contribution >= 0.6 is 11.6 Å². The zero-order chi connectivity index (χ0) is 10.4. The lowest BCUT2D eigenvalue weighted by Gasteiger charge is -2.04. The van der Waals surface area contributed by atoms with Crippen LogP contribution in [0.2, 0.25) is 0 Å². The lowest BCUT2D eigenvalue weighted by Crippen LogP contribution is -2.25. The number of halogens is 1. The number of hydrogen-bond acceptors (Lipinski definition) is 2. The van der Waals surface area contributed by atoms with E-state index in [1.54, 1.807) is 31.4 Å². The molecule has 1 rings (SSSR count). The standard InChI is InChI=1S/C10H12ClNO2/c1-14-9-4-2-3-8(7-9)10(13)12-6-5-11/h2-4,7H,5-6H2,1H3,(H,12,13). The van der Waals surface area contributed by atoms with Gasteiger partial charge in [-0.25, -0.2) is 0 Å². The molecule has 1 aromatic rings. The van der Waals surface area contributed by atoms with Gasteiger partial charge in [0, 0.05) is 18.0 Å². The fourth-order valence-electron chi connectivity index (χ4n) is 1.03. The third-order valence-electron chi connectivity index (χ3n) is 1.71. The molecule has 0 saturated carbocycles. The molecule has 0 radical (unpaired) electrons. The van der Waals surface area contributed by atoms with Gasteiger partial charge in [0.25, 0.3) is 5.91 Å². The van der Waals surface area contributed by atoms with E-state index in [4.69, 9.17) is 16.3 Å². The molecule has 0 fully saturated rings. The summed E-state index contributed by atoms with van der Waals surface area (Å²) in [5.41, 5.74) is 0.578. The summed E-state index contributed by atoms with van der Waals surface area (Å²) in [5, 5.41) is 2.67. The Hall–Kier alpha value is -1.22. The van der Waals surface area contributed by atoms with Crippen LogP contribution in [0.15, 0.2) is 24.3 Å². The second-order valence-electron chi connectivity index (χ2n) is 2.68. The average molecular weight is 214 g/mol. The largest absolute Gasteiger partial charge is 0.497 e. The summed E-state index contributed by atoms with van der Waals surface area (Å²) in [6, 6.07) is 6.97. The molecular formula is C10H12ClNO2. The van der Waals surface area contributed by atoms with E-state index in [1.807, 2.05) is 0 Å². The highest BCUT2D eigenvalue weighted by molar-refractivity contribution is 6.18. The molecule has 0 atom stereocenters. The Kier molecular flexibility index (Phi) is 4.26. The third-order valence-corrected chi connectivity index (χ3v) is 1.90. The zero-order valence-corrected chi connectivity index (χ0v) is 8.67. The first kappa shape index (κ1) is 10.9. The van der Waals surface area contributed by atoms with E-state index in [-0.39, 0.29) is 5.91 Å². The normalized spacial score (nSPS) is 9.57. The number of ether oxygens (including phenoxy) is 1. The van der Waals surface area contributed by atoms with Crippen LogP contribution in [-0.2, 0) is 0 Å². The van der Waals surface area contributed by atoms with Gasteiger partial charge < -0.3 is 10.1 Å². The molecule has 0 aromatic heterocycles. The minimum atomic E-state index is -0.135. The van der Waals surface area contributed by atoms with E-state index in [2.05, 4.69) is 5.32 Å². The topological polar surface area (TPSA) is 38.3 Å². The van der Waals surface area contributed by atoms with Crippen LogP contribution in [0.3, 0.4) is 0 Å². The van der Waals surface area contributed by atoms with Crippen LogP contribution in [0.4, 0.5) is 0 Å². The monoisotopic (exact) mass is 213 g/mol. The van der Waals surface area contributed by atoms with Gasteiger partial charge in [-0.3, -0.25) is 4.79 Å². The fourth-order valence-corrected chi connectivity index (χ4v) is 1.12. The number of amides is 1. The Bertz CT molecular complexity index is 315. The van der Waals surface area contributed by atoms with Crippen LogP contribution in [0.1, 0.15) is 10.4 Å². The number of rotatable bonds is 4. The molecule has 1 amide bonds. The molecule has 0 saturated heterocycles. The van der Waals surface area contributed by atoms with Crippen molar-refractivity contribution in [1.29, 1.82) is 0 Å². The van der Waals surface area contributed by atoms with E-state index in [1.165, 1.54) is 0 Å². The number of nitrogens with one attached hydrogen (secondary N) is 1. The van der Waals surface area contributed by atoms with Crippen molar-refractivity contribution >= 4 is 17.5 Å². The summed E-state index contributed by atoms with van der Waals surface area (Å²) in [7, 11) is 1.57. The Morgan fingerprint density at radius 3 is 3.00 bits per heavy atom. The molecule has 0 aliphatic heterocycles. The SMILES string of the molecule is COc1cccc(C(=O)NCCCl)c1. The summed E-state index contributed by atoms with van der Waals surface area (Å²) in [4.78, 5) is 11.4. The first-order valence-corrected chi connectivity index (χ1v) is 4.79. The summed E-state index contributed by atoms with van der Waals surface area (Å²) in [6.07, 6.45) is 0. The van der Waals surface area contributed by atoms with Gasteiger partial charge in [-0.1, -0.05) is 6.07 Å². The van der Waals surface area contributed by atoms with Gasteiger partial charge in [0.05, 0.1) is 7.11 Å². The van der Waals surface area contributed by atoms with E-state index >= 15 is 0 Å². The molecule has 0 aliphatic rings. The minimum absolute atomic E-state index is 0.135. The van der Waals surface area contributed by atoms with Crippen molar-refractivity contribution in [3.05, 3.63) is 29.8 Å². The molecule has 14 heavy (non-hydrogen) atoms. The Morgan fingerprint density at radius 2 is 2.36 bits per heavy atom. The van der Waals surface area contributed by atoms with Crippen LogP contribution in [0.5, 0.6) is 5.75 Å². The molecule has 0 heterocycles. The quantitative estimate of drug-likeness (QED) is 0.773. The number of benzene rings is 1. The molecule has 1 N–H and O–H groups in total. The highest BCUT2D eigenvalue weighted by atomic mass is 35.5. The molecule has 3 nitrogen and oxygen atoms in total. The van der Waals surface area contributed by atoms with Gasteiger partial charge in [0.15, 0.2) is 0 Å². The first-order valence-electron chi connectivity index (χ1n) is 4.26. The van der Waals surface area contributed by atoms with Crippen LogP contribution in [-0.4, -0.2) is 25.4 Å². The number of carbonyl (C=O) groups is 1. The Labute approximate surface area is 88.0 Å². The molecule has 0 spiro atoms. The van der Waals surface area contributed by atoms with E-state index in [9.17, 15) is 4.79 Å². The van der Waals surface area contributed by atoms with Crippen LogP contribution in [0.25, 0.3) is 0 Å². The van der Waals surface area contributed by atoms with Crippen molar-refractivity contribution in [2.75, 3.05) is 19.5 Å². The minimum Gasteiger partial charge on any atom is -0.497 e. The maximum absolute atomic E-state index is 11.4. The first-order chi connectivity index (χ1) is 6.77. The smallest absolute Gasteiger partial charge is 0.251 e. The molecule has 76 valence electrons. The van der Waals surface area contributed by atoms with E-state index < -0.39 is 0 Å². The lowest BCUT2D eigenvalue weighted by atomic mass is 10.2. The molecule has 0 unspecified atom stereocenters. The van der Waals surface area contributed by atoms with Crippen LogP contribution in [0, 0.1) is 0 Å². The molecule has 0 aliphatic carbocycles. The second kappa shape index (κ2) is 5.50. The summed E-state index contributed by atoms with van der Waals surface area (Å²) < 4.78 is 5.00. The van der Waals surface area contributed by atoms with Gasteiger partial charge in [-0.15, -0.1) is 11.6 Å². The Morgan fingerprint density at radius 1 is 1.57 bits per heavy atom. The molecule has 4 heteroatoms. The van der Waals surface area contributed by atoms with Crippen molar-refractivity contribution in [1.82, 2.24) is 5.32 Å². The van der Waals surface area contributed by atoms with Crippen molar-refractivity contribution in [3.8, 4) is 5.75 Å². The summed E-state index contributed by atoms with van der Waals surface area (Å²) >= 11 is 5.45. The number of alkyl halides is 1. The van der Waals surface area contributed by atoms with Crippen molar-refractivity contribution in [2.24, 2.45) is 0 Å². The maximum Gasteiger partial charge on any atom is 0.251 e. The molecular weight excluding hydrogens is 202 g/mol. The fraction of sp³-hybridized carbons (Fsp3) is 0.300. The molecule has 0 bridgehead atoms. The predicted molar refractivity (Wildman–Crippen MR) is 56.0 cm³/mol. The lowest BCUT2D eigenvalue weighted by molar-refractivity contribution is 0.0955. The van der Waals surface area contributed by atoms with Gasteiger partial charge in [0.1, 0.15) is 5.75 Å². The van der Waals surface area contributed by atoms with E-state index in [0.29, 0.717) is 23.7 Å². The highest BCUT2D eigenvalue weighted by Crippen LogP contribution is 2.11.